The van der Waals surface area contributed by atoms with Crippen LogP contribution in [0.1, 0.15) is 33.2 Å². The predicted molar refractivity (Wildman–Crippen MR) is 71.6 cm³/mol. The average molecular weight is 262 g/mol. The molecule has 0 aliphatic carbocycles. The number of primary amides is 1. The van der Waals surface area contributed by atoms with Crippen LogP contribution in [0, 0.1) is 6.92 Å². The molecule has 5 nitrogen and oxygen atoms in total. The second-order valence-corrected chi connectivity index (χ2v) is 5.24. The lowest BCUT2D eigenvalue weighted by Gasteiger charge is -2.11. The first-order valence-corrected chi connectivity index (χ1v) is 6.32. The van der Waals surface area contributed by atoms with E-state index in [9.17, 15) is 4.79 Å². The fourth-order valence-corrected chi connectivity index (χ4v) is 2.26. The Morgan fingerprint density at radius 2 is 2.17 bits per heavy atom. The van der Waals surface area contributed by atoms with Gasteiger partial charge in [-0.3, -0.25) is 4.79 Å². The largest absolute Gasteiger partial charge is 0.366 e. The first kappa shape index (κ1) is 12.5. The second kappa shape index (κ2) is 5.14. The van der Waals surface area contributed by atoms with Crippen LogP contribution < -0.4 is 11.1 Å². The van der Waals surface area contributed by atoms with E-state index in [0.717, 1.165) is 5.01 Å². The number of aryl methyl sites for hydroxylation is 1. The quantitative estimate of drug-likeness (QED) is 0.884. The summed E-state index contributed by atoms with van der Waals surface area (Å²) >= 11 is 1.65. The molecule has 1 amide bonds. The van der Waals surface area contributed by atoms with E-state index in [-0.39, 0.29) is 6.04 Å². The molecule has 2 aromatic heterocycles. The van der Waals surface area contributed by atoms with Gasteiger partial charge in [-0.15, -0.1) is 11.3 Å². The Morgan fingerprint density at radius 1 is 1.39 bits per heavy atom. The van der Waals surface area contributed by atoms with E-state index in [4.69, 9.17) is 5.73 Å². The Hall–Kier alpha value is -1.95. The fourth-order valence-electron chi connectivity index (χ4n) is 1.48. The lowest BCUT2D eigenvalue weighted by atomic mass is 10.2. The number of nitrogens with zero attached hydrogens (tertiary/aromatic N) is 2. The molecule has 94 valence electrons. The summed E-state index contributed by atoms with van der Waals surface area (Å²) < 4.78 is 0. The molecule has 0 saturated heterocycles. The molecule has 2 heterocycles. The highest BCUT2D eigenvalue weighted by Gasteiger charge is 2.10. The molecule has 0 aliphatic rings. The number of pyridine rings is 1. The maximum Gasteiger partial charge on any atom is 0.250 e. The van der Waals surface area contributed by atoms with Crippen LogP contribution in [-0.2, 0) is 0 Å². The third-order valence-corrected chi connectivity index (χ3v) is 3.52. The molecule has 1 atom stereocenters. The van der Waals surface area contributed by atoms with Gasteiger partial charge in [-0.2, -0.15) is 0 Å². The first-order valence-electron chi connectivity index (χ1n) is 5.51. The number of amides is 1. The molecule has 0 spiro atoms. The number of rotatable bonds is 4. The highest BCUT2D eigenvalue weighted by Crippen LogP contribution is 2.22. The highest BCUT2D eigenvalue weighted by molar-refractivity contribution is 7.11. The molecule has 3 N–H and O–H groups in total. The summed E-state index contributed by atoms with van der Waals surface area (Å²) in [5, 5.41) is 4.23. The number of aromatic nitrogens is 2. The minimum absolute atomic E-state index is 0.0793. The summed E-state index contributed by atoms with van der Waals surface area (Å²) in [5.74, 6) is 0.220. The number of nitrogens with two attached hydrogens (primary N) is 1. The van der Waals surface area contributed by atoms with Crippen LogP contribution in [0.3, 0.4) is 0 Å². The monoisotopic (exact) mass is 262 g/mol. The number of carbonyl (C=O) groups is 1. The van der Waals surface area contributed by atoms with Crippen molar-refractivity contribution in [3.8, 4) is 0 Å². The molecule has 0 fully saturated rings. The van der Waals surface area contributed by atoms with Crippen LogP contribution in [0.25, 0.3) is 0 Å². The van der Waals surface area contributed by atoms with Gasteiger partial charge in [0, 0.05) is 17.3 Å². The summed E-state index contributed by atoms with van der Waals surface area (Å²) in [5.41, 5.74) is 5.55. The number of hydrogen-bond donors (Lipinski definition) is 2. The SMILES string of the molecule is Cc1cnc(C(C)Nc2ccc(C(N)=O)cn2)s1. The summed E-state index contributed by atoms with van der Waals surface area (Å²) in [6.07, 6.45) is 3.31. The van der Waals surface area contributed by atoms with Crippen molar-refractivity contribution in [1.29, 1.82) is 0 Å². The Morgan fingerprint density at radius 3 is 2.67 bits per heavy atom. The van der Waals surface area contributed by atoms with Crippen molar-refractivity contribution in [1.82, 2.24) is 9.97 Å². The van der Waals surface area contributed by atoms with E-state index in [1.54, 1.807) is 23.5 Å². The molecule has 6 heteroatoms. The molecule has 18 heavy (non-hydrogen) atoms. The molecule has 0 radical (unpaired) electrons. The lowest BCUT2D eigenvalue weighted by molar-refractivity contribution is 0.1000. The molecule has 1 unspecified atom stereocenters. The molecule has 2 rings (SSSR count). The zero-order valence-electron chi connectivity index (χ0n) is 10.2. The van der Waals surface area contributed by atoms with Gasteiger partial charge in [-0.25, -0.2) is 9.97 Å². The van der Waals surface area contributed by atoms with Crippen molar-refractivity contribution in [3.63, 3.8) is 0 Å². The molecule has 0 aliphatic heterocycles. The number of hydrogen-bond acceptors (Lipinski definition) is 5. The van der Waals surface area contributed by atoms with Crippen LogP contribution in [0.15, 0.2) is 24.5 Å². The van der Waals surface area contributed by atoms with Crippen LogP contribution in [0.4, 0.5) is 5.82 Å². The van der Waals surface area contributed by atoms with Crippen molar-refractivity contribution in [2.24, 2.45) is 5.73 Å². The van der Waals surface area contributed by atoms with Crippen LogP contribution >= 0.6 is 11.3 Å². The zero-order chi connectivity index (χ0) is 13.1. The second-order valence-electron chi connectivity index (χ2n) is 3.97. The van der Waals surface area contributed by atoms with Gasteiger partial charge in [0.15, 0.2) is 0 Å². The lowest BCUT2D eigenvalue weighted by Crippen LogP contribution is -2.12. The van der Waals surface area contributed by atoms with E-state index in [2.05, 4.69) is 15.3 Å². The first-order chi connectivity index (χ1) is 8.56. The minimum atomic E-state index is -0.474. The van der Waals surface area contributed by atoms with Crippen molar-refractivity contribution >= 4 is 23.1 Å². The molecular weight excluding hydrogens is 248 g/mol. The van der Waals surface area contributed by atoms with E-state index >= 15 is 0 Å². The Bertz CT molecular complexity index is 549. The minimum Gasteiger partial charge on any atom is -0.366 e. The van der Waals surface area contributed by atoms with E-state index in [1.807, 2.05) is 20.0 Å². The normalized spacial score (nSPS) is 12.1. The van der Waals surface area contributed by atoms with Gasteiger partial charge in [0.1, 0.15) is 10.8 Å². The molecule has 0 aromatic carbocycles. The Balaban J connectivity index is 2.07. The molecule has 0 saturated carbocycles. The summed E-state index contributed by atoms with van der Waals surface area (Å²) in [7, 11) is 0. The van der Waals surface area contributed by atoms with Gasteiger partial charge in [0.05, 0.1) is 11.6 Å². The van der Waals surface area contributed by atoms with Crippen LogP contribution in [0.2, 0.25) is 0 Å². The fraction of sp³-hybridized carbons (Fsp3) is 0.250. The molecule has 0 bridgehead atoms. The van der Waals surface area contributed by atoms with Gasteiger partial charge < -0.3 is 11.1 Å². The summed E-state index contributed by atoms with van der Waals surface area (Å²) in [6.45, 7) is 4.04. The van der Waals surface area contributed by atoms with Crippen LogP contribution in [-0.4, -0.2) is 15.9 Å². The van der Waals surface area contributed by atoms with E-state index in [0.29, 0.717) is 11.4 Å². The van der Waals surface area contributed by atoms with E-state index < -0.39 is 5.91 Å². The number of anilines is 1. The molecular formula is C12H14N4OS. The van der Waals surface area contributed by atoms with Gasteiger partial charge >= 0.3 is 0 Å². The Kier molecular flexibility index (Phi) is 3.57. The van der Waals surface area contributed by atoms with E-state index in [1.165, 1.54) is 11.1 Å². The van der Waals surface area contributed by atoms with Gasteiger partial charge in [-0.05, 0) is 26.0 Å². The number of carbonyl (C=O) groups excluding carboxylic acids is 1. The Labute approximate surface area is 109 Å². The van der Waals surface area contributed by atoms with Gasteiger partial charge in [0.2, 0.25) is 5.91 Å². The zero-order valence-corrected chi connectivity index (χ0v) is 11.0. The van der Waals surface area contributed by atoms with Gasteiger partial charge in [0.25, 0.3) is 0 Å². The third-order valence-electron chi connectivity index (χ3n) is 2.42. The van der Waals surface area contributed by atoms with Crippen molar-refractivity contribution < 1.29 is 4.79 Å². The highest BCUT2D eigenvalue weighted by atomic mass is 32.1. The van der Waals surface area contributed by atoms with Crippen LogP contribution in [0.5, 0.6) is 0 Å². The number of thiazole rings is 1. The predicted octanol–water partition coefficient (Wildman–Crippen LogP) is 2.12. The van der Waals surface area contributed by atoms with Crippen molar-refractivity contribution in [3.05, 3.63) is 40.0 Å². The maximum absolute atomic E-state index is 10.9. The average Bonchev–Trinajstić information content (AvgIpc) is 2.76. The van der Waals surface area contributed by atoms with Gasteiger partial charge in [-0.1, -0.05) is 0 Å². The topological polar surface area (TPSA) is 80.9 Å². The molecule has 2 aromatic rings. The smallest absolute Gasteiger partial charge is 0.250 e. The summed E-state index contributed by atoms with van der Waals surface area (Å²) in [6, 6.07) is 3.46. The standard InChI is InChI=1S/C12H14N4OS/c1-7-5-15-12(18-7)8(2)16-10-4-3-9(6-14-10)11(13)17/h3-6,8H,1-2H3,(H2,13,17)(H,14,16). The van der Waals surface area contributed by atoms with Crippen molar-refractivity contribution in [2.45, 2.75) is 19.9 Å². The maximum atomic E-state index is 10.9. The third kappa shape index (κ3) is 2.84. The van der Waals surface area contributed by atoms with Crippen molar-refractivity contribution in [2.75, 3.05) is 5.32 Å². The number of nitrogens with one attached hydrogen (secondary N) is 1. The summed E-state index contributed by atoms with van der Waals surface area (Å²) in [4.78, 5) is 20.5.